The summed E-state index contributed by atoms with van der Waals surface area (Å²) in [6, 6.07) is 7.72. The lowest BCUT2D eigenvalue weighted by Gasteiger charge is -2.14. The molecule has 0 spiro atoms. The number of rotatable bonds is 4. The normalized spacial score (nSPS) is 12.2. The lowest BCUT2D eigenvalue weighted by Crippen LogP contribution is -2.27. The summed E-state index contributed by atoms with van der Waals surface area (Å²) in [5.41, 5.74) is 6.94. The summed E-state index contributed by atoms with van der Waals surface area (Å²) in [4.78, 5) is 16.2. The molecule has 1 aromatic heterocycles. The number of benzene rings is 1. The van der Waals surface area contributed by atoms with E-state index in [4.69, 9.17) is 5.73 Å². The molecule has 0 aliphatic carbocycles. The van der Waals surface area contributed by atoms with Crippen LogP contribution in [0, 0.1) is 0 Å². The van der Waals surface area contributed by atoms with E-state index in [9.17, 15) is 4.79 Å². The predicted molar refractivity (Wildman–Crippen MR) is 80.0 cm³/mol. The third kappa shape index (κ3) is 3.40. The van der Waals surface area contributed by atoms with Crippen molar-refractivity contribution < 1.29 is 4.79 Å². The Balaban J connectivity index is 2.08. The molecule has 0 saturated heterocycles. The number of hydrogen-bond donors (Lipinski definition) is 2. The van der Waals surface area contributed by atoms with Crippen LogP contribution < -0.4 is 11.1 Å². The van der Waals surface area contributed by atoms with Gasteiger partial charge >= 0.3 is 0 Å². The Hall–Kier alpha value is -1.24. The fourth-order valence-electron chi connectivity index (χ4n) is 1.68. The molecule has 1 amide bonds. The van der Waals surface area contributed by atoms with Crippen molar-refractivity contribution in [1.29, 1.82) is 0 Å². The number of halogens is 1. The zero-order chi connectivity index (χ0) is 13.8. The van der Waals surface area contributed by atoms with E-state index in [0.29, 0.717) is 12.2 Å². The molecule has 100 valence electrons. The summed E-state index contributed by atoms with van der Waals surface area (Å²) in [7, 11) is 0. The van der Waals surface area contributed by atoms with Gasteiger partial charge in [0.1, 0.15) is 10.7 Å². The quantitative estimate of drug-likeness (QED) is 0.899. The van der Waals surface area contributed by atoms with Crippen LogP contribution in [0.3, 0.4) is 0 Å². The number of nitrogens with one attached hydrogen (secondary N) is 1. The highest BCUT2D eigenvalue weighted by atomic mass is 79.9. The molecule has 0 fully saturated rings. The van der Waals surface area contributed by atoms with Crippen molar-refractivity contribution in [3.8, 4) is 0 Å². The van der Waals surface area contributed by atoms with Crippen molar-refractivity contribution in [1.82, 2.24) is 10.3 Å². The van der Waals surface area contributed by atoms with E-state index in [1.807, 2.05) is 31.2 Å². The molecule has 0 aliphatic rings. The molecule has 0 radical (unpaired) electrons. The summed E-state index contributed by atoms with van der Waals surface area (Å²) in [6.07, 6.45) is 0. The monoisotopic (exact) mass is 339 g/mol. The highest BCUT2D eigenvalue weighted by Gasteiger charge is 2.15. The van der Waals surface area contributed by atoms with Crippen molar-refractivity contribution in [3.63, 3.8) is 0 Å². The largest absolute Gasteiger partial charge is 0.344 e. The third-order valence-electron chi connectivity index (χ3n) is 2.68. The van der Waals surface area contributed by atoms with Crippen LogP contribution in [0.5, 0.6) is 0 Å². The Labute approximate surface area is 124 Å². The van der Waals surface area contributed by atoms with E-state index >= 15 is 0 Å². The summed E-state index contributed by atoms with van der Waals surface area (Å²) in [5, 5.41) is 5.41. The molecule has 3 N–H and O–H groups in total. The molecular formula is C13H14BrN3OS. The predicted octanol–water partition coefficient (Wildman–Crippen LogP) is 2.86. The van der Waals surface area contributed by atoms with E-state index in [1.54, 1.807) is 5.38 Å². The van der Waals surface area contributed by atoms with Gasteiger partial charge in [-0.25, -0.2) is 4.98 Å². The average Bonchev–Trinajstić information content (AvgIpc) is 2.88. The summed E-state index contributed by atoms with van der Waals surface area (Å²) < 4.78 is 0.976. The first-order valence-electron chi connectivity index (χ1n) is 5.81. The minimum Gasteiger partial charge on any atom is -0.344 e. The van der Waals surface area contributed by atoms with Crippen LogP contribution in [-0.2, 0) is 6.54 Å². The van der Waals surface area contributed by atoms with Gasteiger partial charge in [0.05, 0.1) is 6.04 Å². The molecule has 2 aromatic rings. The molecule has 0 unspecified atom stereocenters. The molecule has 2 rings (SSSR count). The zero-order valence-electron chi connectivity index (χ0n) is 10.4. The van der Waals surface area contributed by atoms with Gasteiger partial charge in [-0.3, -0.25) is 4.79 Å². The van der Waals surface area contributed by atoms with Crippen LogP contribution in [0.2, 0.25) is 0 Å². The number of aromatic nitrogens is 1. The van der Waals surface area contributed by atoms with Gasteiger partial charge in [0, 0.05) is 16.4 Å². The average molecular weight is 340 g/mol. The number of carbonyl (C=O) groups is 1. The standard InChI is InChI=1S/C13H14BrN3OS/c1-8(9-4-2-3-5-10(9)14)16-13(18)11-7-19-12(6-15)17-11/h2-5,7-8H,6,15H2,1H3,(H,16,18)/t8-/m0/s1. The second-order valence-electron chi connectivity index (χ2n) is 4.05. The van der Waals surface area contributed by atoms with E-state index in [2.05, 4.69) is 26.2 Å². The highest BCUT2D eigenvalue weighted by molar-refractivity contribution is 9.10. The van der Waals surface area contributed by atoms with Crippen LogP contribution in [0.15, 0.2) is 34.1 Å². The molecule has 1 aromatic carbocycles. The van der Waals surface area contributed by atoms with Gasteiger partial charge in [-0.2, -0.15) is 0 Å². The van der Waals surface area contributed by atoms with Crippen LogP contribution in [0.25, 0.3) is 0 Å². The minimum atomic E-state index is -0.181. The number of thiazole rings is 1. The third-order valence-corrected chi connectivity index (χ3v) is 4.27. The van der Waals surface area contributed by atoms with Crippen LogP contribution in [0.4, 0.5) is 0 Å². The lowest BCUT2D eigenvalue weighted by atomic mass is 10.1. The second kappa shape index (κ2) is 6.27. The maximum atomic E-state index is 12.0. The summed E-state index contributed by atoms with van der Waals surface area (Å²) >= 11 is 4.87. The van der Waals surface area contributed by atoms with Crippen molar-refractivity contribution >= 4 is 33.2 Å². The summed E-state index contributed by atoms with van der Waals surface area (Å²) in [5.74, 6) is -0.181. The topological polar surface area (TPSA) is 68.0 Å². The molecule has 0 bridgehead atoms. The number of hydrogen-bond acceptors (Lipinski definition) is 4. The molecular weight excluding hydrogens is 326 g/mol. The first-order chi connectivity index (χ1) is 9.11. The van der Waals surface area contributed by atoms with Gasteiger partial charge < -0.3 is 11.1 Å². The number of nitrogens with zero attached hydrogens (tertiary/aromatic N) is 1. The maximum absolute atomic E-state index is 12.0. The highest BCUT2D eigenvalue weighted by Crippen LogP contribution is 2.23. The molecule has 4 nitrogen and oxygen atoms in total. The fourth-order valence-corrected chi connectivity index (χ4v) is 2.97. The van der Waals surface area contributed by atoms with Gasteiger partial charge in [0.25, 0.3) is 5.91 Å². The molecule has 0 saturated carbocycles. The van der Waals surface area contributed by atoms with Crippen molar-refractivity contribution in [2.75, 3.05) is 0 Å². The van der Waals surface area contributed by atoms with Crippen molar-refractivity contribution in [2.45, 2.75) is 19.5 Å². The van der Waals surface area contributed by atoms with E-state index < -0.39 is 0 Å². The number of nitrogens with two attached hydrogens (primary N) is 1. The molecule has 19 heavy (non-hydrogen) atoms. The molecule has 1 heterocycles. The lowest BCUT2D eigenvalue weighted by molar-refractivity contribution is 0.0935. The van der Waals surface area contributed by atoms with E-state index in [0.717, 1.165) is 15.0 Å². The number of amides is 1. The van der Waals surface area contributed by atoms with Crippen molar-refractivity contribution in [3.05, 3.63) is 50.4 Å². The Morgan fingerprint density at radius 3 is 2.89 bits per heavy atom. The fraction of sp³-hybridized carbons (Fsp3) is 0.231. The van der Waals surface area contributed by atoms with Gasteiger partial charge in [-0.1, -0.05) is 34.1 Å². The smallest absolute Gasteiger partial charge is 0.271 e. The van der Waals surface area contributed by atoms with Gasteiger partial charge in [0.15, 0.2) is 0 Å². The zero-order valence-corrected chi connectivity index (χ0v) is 12.8. The molecule has 0 aliphatic heterocycles. The van der Waals surface area contributed by atoms with Gasteiger partial charge in [-0.15, -0.1) is 11.3 Å². The minimum absolute atomic E-state index is 0.0916. The number of carbonyl (C=O) groups excluding carboxylic acids is 1. The van der Waals surface area contributed by atoms with Crippen LogP contribution >= 0.6 is 27.3 Å². The summed E-state index contributed by atoms with van der Waals surface area (Å²) in [6.45, 7) is 2.30. The van der Waals surface area contributed by atoms with E-state index in [1.165, 1.54) is 11.3 Å². The molecule has 6 heteroatoms. The first-order valence-corrected chi connectivity index (χ1v) is 7.49. The SMILES string of the molecule is C[C@H](NC(=O)c1csc(CN)n1)c1ccccc1Br. The van der Waals surface area contributed by atoms with E-state index in [-0.39, 0.29) is 11.9 Å². The Morgan fingerprint density at radius 1 is 1.53 bits per heavy atom. The Kier molecular flexibility index (Phi) is 4.68. The Morgan fingerprint density at radius 2 is 2.26 bits per heavy atom. The van der Waals surface area contributed by atoms with Crippen LogP contribution in [0.1, 0.15) is 34.0 Å². The van der Waals surface area contributed by atoms with Crippen LogP contribution in [-0.4, -0.2) is 10.9 Å². The molecule has 1 atom stereocenters. The van der Waals surface area contributed by atoms with Crippen molar-refractivity contribution in [2.24, 2.45) is 5.73 Å². The Bertz CT molecular complexity index is 585. The first kappa shape index (κ1) is 14.2. The van der Waals surface area contributed by atoms with Gasteiger partial charge in [0.2, 0.25) is 0 Å². The van der Waals surface area contributed by atoms with Gasteiger partial charge in [-0.05, 0) is 18.6 Å². The second-order valence-corrected chi connectivity index (χ2v) is 5.84. The maximum Gasteiger partial charge on any atom is 0.271 e.